The van der Waals surface area contributed by atoms with E-state index < -0.39 is 10.2 Å². The van der Waals surface area contributed by atoms with E-state index >= 15 is 0 Å². The molecular weight excluding hydrogens is 250 g/mol. The molecule has 1 aliphatic rings. The summed E-state index contributed by atoms with van der Waals surface area (Å²) in [4.78, 5) is 0. The quantitative estimate of drug-likeness (QED) is 0.734. The Morgan fingerprint density at radius 1 is 1.28 bits per heavy atom. The Morgan fingerprint density at radius 2 is 1.89 bits per heavy atom. The van der Waals surface area contributed by atoms with Gasteiger partial charge < -0.3 is 5.73 Å². The number of nitrogens with one attached hydrogen (secondary N) is 1. The molecule has 108 valence electrons. The van der Waals surface area contributed by atoms with Crippen LogP contribution in [-0.2, 0) is 10.2 Å². The van der Waals surface area contributed by atoms with Crippen molar-refractivity contribution < 1.29 is 8.42 Å². The highest BCUT2D eigenvalue weighted by Gasteiger charge is 2.30. The lowest BCUT2D eigenvalue weighted by Crippen LogP contribution is -2.49. The third-order valence-corrected chi connectivity index (χ3v) is 5.13. The molecule has 0 spiro atoms. The molecule has 0 saturated heterocycles. The molecule has 1 fully saturated rings. The first-order valence-corrected chi connectivity index (χ1v) is 8.40. The van der Waals surface area contributed by atoms with Crippen molar-refractivity contribution >= 4 is 10.2 Å². The number of rotatable bonds is 7. The highest BCUT2D eigenvalue weighted by atomic mass is 32.2. The van der Waals surface area contributed by atoms with Crippen molar-refractivity contribution in [1.82, 2.24) is 9.03 Å². The van der Waals surface area contributed by atoms with Crippen molar-refractivity contribution in [2.45, 2.75) is 64.5 Å². The summed E-state index contributed by atoms with van der Waals surface area (Å²) in [6.07, 6.45) is 6.14. The van der Waals surface area contributed by atoms with E-state index in [-0.39, 0.29) is 12.1 Å². The van der Waals surface area contributed by atoms with Gasteiger partial charge in [0, 0.05) is 18.6 Å². The Morgan fingerprint density at radius 3 is 2.39 bits per heavy atom. The van der Waals surface area contributed by atoms with Crippen LogP contribution in [0, 0.1) is 0 Å². The Bertz CT molecular complexity index is 324. The van der Waals surface area contributed by atoms with E-state index in [2.05, 4.69) is 4.72 Å². The van der Waals surface area contributed by atoms with Gasteiger partial charge in [0.15, 0.2) is 0 Å². The lowest BCUT2D eigenvalue weighted by Gasteiger charge is -2.33. The largest absolute Gasteiger partial charge is 0.330 e. The summed E-state index contributed by atoms with van der Waals surface area (Å²) in [5.41, 5.74) is 5.51. The number of nitrogens with two attached hydrogens (primary N) is 1. The number of hydrogen-bond acceptors (Lipinski definition) is 3. The van der Waals surface area contributed by atoms with Gasteiger partial charge in [-0.15, -0.1) is 0 Å². The third-order valence-electron chi connectivity index (χ3n) is 3.26. The second kappa shape index (κ2) is 7.43. The molecule has 0 aromatic rings. The van der Waals surface area contributed by atoms with Crippen LogP contribution in [0.3, 0.4) is 0 Å². The number of nitrogens with zero attached hydrogens (tertiary/aromatic N) is 1. The van der Waals surface area contributed by atoms with E-state index in [9.17, 15) is 8.42 Å². The summed E-state index contributed by atoms with van der Waals surface area (Å²) in [6, 6.07) is 0.0838. The maximum atomic E-state index is 12.3. The van der Waals surface area contributed by atoms with E-state index in [4.69, 9.17) is 5.73 Å². The minimum Gasteiger partial charge on any atom is -0.330 e. The molecule has 0 aliphatic heterocycles. The van der Waals surface area contributed by atoms with Crippen molar-refractivity contribution in [3.05, 3.63) is 0 Å². The molecule has 6 heteroatoms. The fourth-order valence-electron chi connectivity index (χ4n) is 2.48. The first kappa shape index (κ1) is 15.9. The van der Waals surface area contributed by atoms with E-state index in [1.807, 2.05) is 13.8 Å². The molecule has 0 aromatic carbocycles. The Labute approximate surface area is 111 Å². The van der Waals surface area contributed by atoms with Gasteiger partial charge in [-0.1, -0.05) is 19.3 Å². The highest BCUT2D eigenvalue weighted by molar-refractivity contribution is 7.87. The minimum absolute atomic E-state index is 0.0704. The van der Waals surface area contributed by atoms with Crippen LogP contribution in [0.15, 0.2) is 0 Å². The predicted octanol–water partition coefficient (Wildman–Crippen LogP) is 1.21. The monoisotopic (exact) mass is 277 g/mol. The summed E-state index contributed by atoms with van der Waals surface area (Å²) >= 11 is 0. The zero-order valence-corrected chi connectivity index (χ0v) is 12.4. The molecule has 0 bridgehead atoms. The molecule has 1 rings (SSSR count). The van der Waals surface area contributed by atoms with Gasteiger partial charge in [0.2, 0.25) is 0 Å². The van der Waals surface area contributed by atoms with Crippen molar-refractivity contribution in [2.24, 2.45) is 5.73 Å². The van der Waals surface area contributed by atoms with Crippen molar-refractivity contribution in [2.75, 3.05) is 13.1 Å². The van der Waals surface area contributed by atoms with Gasteiger partial charge in [0.1, 0.15) is 0 Å². The van der Waals surface area contributed by atoms with E-state index in [0.717, 1.165) is 32.1 Å². The second-order valence-corrected chi connectivity index (χ2v) is 6.98. The summed E-state index contributed by atoms with van der Waals surface area (Å²) in [7, 11) is -3.37. The molecule has 0 heterocycles. The zero-order chi connectivity index (χ0) is 13.6. The fourth-order valence-corrected chi connectivity index (χ4v) is 4.18. The smallest absolute Gasteiger partial charge is 0.279 e. The van der Waals surface area contributed by atoms with Crippen LogP contribution in [0.1, 0.15) is 52.4 Å². The van der Waals surface area contributed by atoms with Crippen LogP contribution in [-0.4, -0.2) is 37.9 Å². The molecule has 0 radical (unpaired) electrons. The number of hydrogen-bond donors (Lipinski definition) is 2. The summed E-state index contributed by atoms with van der Waals surface area (Å²) in [5, 5.41) is 0. The van der Waals surface area contributed by atoms with Gasteiger partial charge in [0.05, 0.1) is 0 Å². The van der Waals surface area contributed by atoms with Gasteiger partial charge in [0.25, 0.3) is 10.2 Å². The third kappa shape index (κ3) is 4.84. The fraction of sp³-hybridized carbons (Fsp3) is 1.00. The van der Waals surface area contributed by atoms with Crippen molar-refractivity contribution in [3.63, 3.8) is 0 Å². The van der Waals surface area contributed by atoms with Crippen LogP contribution in [0.2, 0.25) is 0 Å². The lowest BCUT2D eigenvalue weighted by molar-refractivity contribution is 0.248. The average Bonchev–Trinajstić information content (AvgIpc) is 2.29. The molecule has 0 unspecified atom stereocenters. The molecule has 1 aliphatic carbocycles. The molecule has 0 amide bonds. The normalized spacial score (nSPS) is 18.7. The van der Waals surface area contributed by atoms with Gasteiger partial charge in [-0.25, -0.2) is 0 Å². The van der Waals surface area contributed by atoms with Crippen LogP contribution < -0.4 is 10.5 Å². The first-order chi connectivity index (χ1) is 8.47. The maximum absolute atomic E-state index is 12.3. The van der Waals surface area contributed by atoms with Gasteiger partial charge in [-0.2, -0.15) is 17.4 Å². The van der Waals surface area contributed by atoms with Gasteiger partial charge >= 0.3 is 0 Å². The van der Waals surface area contributed by atoms with Gasteiger partial charge in [-0.3, -0.25) is 0 Å². The zero-order valence-electron chi connectivity index (χ0n) is 11.6. The van der Waals surface area contributed by atoms with E-state index in [0.29, 0.717) is 13.1 Å². The Balaban J connectivity index is 2.75. The highest BCUT2D eigenvalue weighted by Crippen LogP contribution is 2.24. The molecule has 0 atom stereocenters. The van der Waals surface area contributed by atoms with Crippen LogP contribution in [0.4, 0.5) is 0 Å². The van der Waals surface area contributed by atoms with Crippen LogP contribution in [0.25, 0.3) is 0 Å². The van der Waals surface area contributed by atoms with Crippen molar-refractivity contribution in [1.29, 1.82) is 0 Å². The molecule has 3 N–H and O–H groups in total. The van der Waals surface area contributed by atoms with Crippen molar-refractivity contribution in [3.8, 4) is 0 Å². The molecule has 1 saturated carbocycles. The maximum Gasteiger partial charge on any atom is 0.279 e. The molecule has 0 aromatic heterocycles. The SMILES string of the molecule is CC(C)NS(=O)(=O)N(CCCN)C1CCCCC1. The van der Waals surface area contributed by atoms with E-state index in [1.165, 1.54) is 6.42 Å². The van der Waals surface area contributed by atoms with E-state index in [1.54, 1.807) is 4.31 Å². The predicted molar refractivity (Wildman–Crippen MR) is 74.4 cm³/mol. The topological polar surface area (TPSA) is 75.4 Å². The van der Waals surface area contributed by atoms with Crippen LogP contribution in [0.5, 0.6) is 0 Å². The van der Waals surface area contributed by atoms with Crippen LogP contribution >= 0.6 is 0 Å². The molecule has 5 nitrogen and oxygen atoms in total. The molecular formula is C12H27N3O2S. The minimum atomic E-state index is -3.37. The van der Waals surface area contributed by atoms with Gasteiger partial charge in [-0.05, 0) is 39.7 Å². The first-order valence-electron chi connectivity index (χ1n) is 6.96. The second-order valence-electron chi connectivity index (χ2n) is 5.32. The Kier molecular flexibility index (Phi) is 6.55. The standard InChI is InChI=1S/C12H27N3O2S/c1-11(2)14-18(16,17)15(10-6-9-13)12-7-4-3-5-8-12/h11-12,14H,3-10,13H2,1-2H3. The average molecular weight is 277 g/mol. The summed E-state index contributed by atoms with van der Waals surface area (Å²) in [6.45, 7) is 4.75. The lowest BCUT2D eigenvalue weighted by atomic mass is 9.95. The molecule has 18 heavy (non-hydrogen) atoms. The summed E-state index contributed by atoms with van der Waals surface area (Å²) < 4.78 is 29.0. The Hall–Kier alpha value is -0.170. The summed E-state index contributed by atoms with van der Waals surface area (Å²) in [5.74, 6) is 0.